The highest BCUT2D eigenvalue weighted by atomic mass is 16.5. The lowest BCUT2D eigenvalue weighted by Crippen LogP contribution is -2.50. The van der Waals surface area contributed by atoms with Gasteiger partial charge in [0.15, 0.2) is 0 Å². The summed E-state index contributed by atoms with van der Waals surface area (Å²) in [4.78, 5) is 2.68. The minimum atomic E-state index is 0.676. The van der Waals surface area contributed by atoms with Gasteiger partial charge in [-0.2, -0.15) is 0 Å². The van der Waals surface area contributed by atoms with Gasteiger partial charge in [0.25, 0.3) is 0 Å². The molecular weight excluding hydrogens is 188 g/mol. The van der Waals surface area contributed by atoms with E-state index in [9.17, 15) is 0 Å². The van der Waals surface area contributed by atoms with Gasteiger partial charge in [-0.3, -0.25) is 4.90 Å². The quantitative estimate of drug-likeness (QED) is 0.748. The minimum absolute atomic E-state index is 0.676. The SMILES string of the molecule is NCCCN(C1CCC1)C1CCCOC1. The van der Waals surface area contributed by atoms with Gasteiger partial charge in [-0.25, -0.2) is 0 Å². The predicted molar refractivity (Wildman–Crippen MR) is 61.9 cm³/mol. The van der Waals surface area contributed by atoms with Crippen molar-refractivity contribution in [3.05, 3.63) is 0 Å². The number of nitrogens with zero attached hydrogens (tertiary/aromatic N) is 1. The topological polar surface area (TPSA) is 38.5 Å². The molecule has 2 fully saturated rings. The number of hydrogen-bond donors (Lipinski definition) is 1. The molecule has 1 aliphatic heterocycles. The van der Waals surface area contributed by atoms with Crippen molar-refractivity contribution in [2.24, 2.45) is 5.73 Å². The summed E-state index contributed by atoms with van der Waals surface area (Å²) in [5.41, 5.74) is 5.61. The van der Waals surface area contributed by atoms with Crippen LogP contribution in [0.5, 0.6) is 0 Å². The summed E-state index contributed by atoms with van der Waals surface area (Å²) < 4.78 is 5.59. The zero-order valence-electron chi connectivity index (χ0n) is 9.66. The molecule has 1 saturated carbocycles. The molecule has 1 unspecified atom stereocenters. The highest BCUT2D eigenvalue weighted by Gasteiger charge is 2.30. The van der Waals surface area contributed by atoms with Crippen molar-refractivity contribution in [3.8, 4) is 0 Å². The van der Waals surface area contributed by atoms with Crippen molar-refractivity contribution in [1.29, 1.82) is 0 Å². The van der Waals surface area contributed by atoms with E-state index in [0.717, 1.165) is 32.2 Å². The fourth-order valence-corrected chi connectivity index (χ4v) is 2.64. The Hall–Kier alpha value is -0.120. The standard InChI is InChI=1S/C12H24N2O/c13-7-3-8-14(11-4-1-5-11)12-6-2-9-15-10-12/h11-12H,1-10,13H2. The fourth-order valence-electron chi connectivity index (χ4n) is 2.64. The summed E-state index contributed by atoms with van der Waals surface area (Å²) in [7, 11) is 0. The average molecular weight is 212 g/mol. The molecule has 0 spiro atoms. The molecular formula is C12H24N2O. The average Bonchev–Trinajstić information content (AvgIpc) is 2.22. The van der Waals surface area contributed by atoms with E-state index >= 15 is 0 Å². The molecule has 0 aromatic rings. The number of nitrogens with two attached hydrogens (primary N) is 1. The van der Waals surface area contributed by atoms with Crippen molar-refractivity contribution < 1.29 is 4.74 Å². The second kappa shape index (κ2) is 5.83. The Morgan fingerprint density at radius 1 is 1.13 bits per heavy atom. The molecule has 3 nitrogen and oxygen atoms in total. The molecule has 0 amide bonds. The summed E-state index contributed by atoms with van der Waals surface area (Å²) >= 11 is 0. The minimum Gasteiger partial charge on any atom is -0.380 e. The van der Waals surface area contributed by atoms with Crippen LogP contribution in [0.4, 0.5) is 0 Å². The summed E-state index contributed by atoms with van der Waals surface area (Å²) in [5, 5.41) is 0. The van der Waals surface area contributed by atoms with Crippen LogP contribution in [0, 0.1) is 0 Å². The third-order valence-electron chi connectivity index (χ3n) is 3.77. The van der Waals surface area contributed by atoms with Crippen LogP contribution in [-0.4, -0.2) is 43.3 Å². The summed E-state index contributed by atoms with van der Waals surface area (Å²) in [6.45, 7) is 3.90. The highest BCUT2D eigenvalue weighted by Crippen LogP contribution is 2.28. The summed E-state index contributed by atoms with van der Waals surface area (Å²) in [5.74, 6) is 0. The number of ether oxygens (including phenoxy) is 1. The van der Waals surface area contributed by atoms with E-state index in [1.165, 1.54) is 38.6 Å². The maximum absolute atomic E-state index is 5.61. The van der Waals surface area contributed by atoms with Crippen molar-refractivity contribution in [3.63, 3.8) is 0 Å². The molecule has 2 aliphatic rings. The first kappa shape index (κ1) is 11.4. The molecule has 0 aromatic heterocycles. The lowest BCUT2D eigenvalue weighted by atomic mass is 9.89. The van der Waals surface area contributed by atoms with Gasteiger partial charge < -0.3 is 10.5 Å². The molecule has 3 heteroatoms. The zero-order chi connectivity index (χ0) is 10.5. The fraction of sp³-hybridized carbons (Fsp3) is 1.00. The lowest BCUT2D eigenvalue weighted by molar-refractivity contribution is -0.0163. The van der Waals surface area contributed by atoms with Crippen molar-refractivity contribution >= 4 is 0 Å². The Labute approximate surface area is 93.0 Å². The zero-order valence-corrected chi connectivity index (χ0v) is 9.66. The second-order valence-corrected chi connectivity index (χ2v) is 4.84. The van der Waals surface area contributed by atoms with Gasteiger partial charge in [-0.1, -0.05) is 6.42 Å². The largest absolute Gasteiger partial charge is 0.380 e. The van der Waals surface area contributed by atoms with Crippen molar-refractivity contribution in [2.75, 3.05) is 26.3 Å². The Morgan fingerprint density at radius 3 is 2.47 bits per heavy atom. The Bertz CT molecular complexity index is 176. The van der Waals surface area contributed by atoms with Gasteiger partial charge in [-0.15, -0.1) is 0 Å². The van der Waals surface area contributed by atoms with E-state index in [1.54, 1.807) is 0 Å². The Kier molecular flexibility index (Phi) is 4.42. The first-order valence-corrected chi connectivity index (χ1v) is 6.45. The van der Waals surface area contributed by atoms with Crippen LogP contribution in [0.3, 0.4) is 0 Å². The van der Waals surface area contributed by atoms with Crippen LogP contribution in [0.25, 0.3) is 0 Å². The maximum Gasteiger partial charge on any atom is 0.0621 e. The maximum atomic E-state index is 5.61. The highest BCUT2D eigenvalue weighted by molar-refractivity contribution is 4.86. The molecule has 1 atom stereocenters. The molecule has 15 heavy (non-hydrogen) atoms. The van der Waals surface area contributed by atoms with Gasteiger partial charge in [-0.05, 0) is 38.6 Å². The molecule has 0 bridgehead atoms. The molecule has 1 aliphatic carbocycles. The van der Waals surface area contributed by atoms with E-state index in [0.29, 0.717) is 6.04 Å². The first-order chi connectivity index (χ1) is 7.42. The molecule has 1 heterocycles. The molecule has 1 saturated heterocycles. The van der Waals surface area contributed by atoms with E-state index < -0.39 is 0 Å². The van der Waals surface area contributed by atoms with E-state index in [1.807, 2.05) is 0 Å². The van der Waals surface area contributed by atoms with Crippen LogP contribution in [0.1, 0.15) is 38.5 Å². The van der Waals surface area contributed by atoms with Gasteiger partial charge >= 0.3 is 0 Å². The normalized spacial score (nSPS) is 28.0. The summed E-state index contributed by atoms with van der Waals surface area (Å²) in [6, 6.07) is 1.51. The van der Waals surface area contributed by atoms with Crippen LogP contribution in [0.2, 0.25) is 0 Å². The first-order valence-electron chi connectivity index (χ1n) is 6.45. The van der Waals surface area contributed by atoms with E-state index in [2.05, 4.69) is 4.90 Å². The van der Waals surface area contributed by atoms with Crippen molar-refractivity contribution in [2.45, 2.75) is 50.6 Å². The molecule has 0 aromatic carbocycles. The third-order valence-corrected chi connectivity index (χ3v) is 3.77. The number of hydrogen-bond acceptors (Lipinski definition) is 3. The molecule has 2 rings (SSSR count). The van der Waals surface area contributed by atoms with Crippen LogP contribution in [0.15, 0.2) is 0 Å². The Morgan fingerprint density at radius 2 is 1.93 bits per heavy atom. The monoisotopic (exact) mass is 212 g/mol. The smallest absolute Gasteiger partial charge is 0.0621 e. The van der Waals surface area contributed by atoms with Crippen LogP contribution < -0.4 is 5.73 Å². The number of rotatable bonds is 5. The van der Waals surface area contributed by atoms with Crippen LogP contribution in [-0.2, 0) is 4.74 Å². The molecule has 2 N–H and O–H groups in total. The van der Waals surface area contributed by atoms with Gasteiger partial charge in [0, 0.05) is 25.2 Å². The van der Waals surface area contributed by atoms with Gasteiger partial charge in [0.2, 0.25) is 0 Å². The van der Waals surface area contributed by atoms with Gasteiger partial charge in [0.05, 0.1) is 6.61 Å². The summed E-state index contributed by atoms with van der Waals surface area (Å²) in [6.07, 6.45) is 7.88. The van der Waals surface area contributed by atoms with Crippen LogP contribution >= 0.6 is 0 Å². The van der Waals surface area contributed by atoms with E-state index in [4.69, 9.17) is 10.5 Å². The molecule has 88 valence electrons. The van der Waals surface area contributed by atoms with E-state index in [-0.39, 0.29) is 0 Å². The second-order valence-electron chi connectivity index (χ2n) is 4.84. The third kappa shape index (κ3) is 2.92. The van der Waals surface area contributed by atoms with Crippen molar-refractivity contribution in [1.82, 2.24) is 4.90 Å². The lowest BCUT2D eigenvalue weighted by Gasteiger charge is -2.43. The molecule has 0 radical (unpaired) electrons. The predicted octanol–water partition coefficient (Wildman–Crippen LogP) is 1.37. The Balaban J connectivity index is 1.84. The van der Waals surface area contributed by atoms with Gasteiger partial charge in [0.1, 0.15) is 0 Å².